The largest absolute Gasteiger partial charge is 0.326 e. The molecule has 19 heavy (non-hydrogen) atoms. The summed E-state index contributed by atoms with van der Waals surface area (Å²) in [5, 5.41) is 2.80. The number of amides is 3. The van der Waals surface area contributed by atoms with Crippen LogP contribution in [0.5, 0.6) is 0 Å². The molecule has 0 radical (unpaired) electrons. The Hall–Kier alpha value is -1.10. The van der Waals surface area contributed by atoms with Gasteiger partial charge in [-0.1, -0.05) is 20.8 Å². The van der Waals surface area contributed by atoms with Crippen LogP contribution >= 0.6 is 0 Å². The predicted octanol–water partition coefficient (Wildman–Crippen LogP) is 1.64. The molecular formula is C14H25N3O2. The zero-order valence-corrected chi connectivity index (χ0v) is 12.2. The number of likely N-dealkylation sites (tertiary alicyclic amines) is 1. The molecule has 0 unspecified atom stereocenters. The van der Waals surface area contributed by atoms with Crippen LogP contribution in [-0.2, 0) is 4.79 Å². The third-order valence-electron chi connectivity index (χ3n) is 3.90. The van der Waals surface area contributed by atoms with Gasteiger partial charge in [0.05, 0.1) is 6.67 Å². The van der Waals surface area contributed by atoms with Gasteiger partial charge in [-0.25, -0.2) is 9.69 Å². The van der Waals surface area contributed by atoms with Gasteiger partial charge in [0.15, 0.2) is 0 Å². The molecule has 2 atom stereocenters. The van der Waals surface area contributed by atoms with Gasteiger partial charge >= 0.3 is 6.03 Å². The summed E-state index contributed by atoms with van der Waals surface area (Å²) in [4.78, 5) is 27.7. The summed E-state index contributed by atoms with van der Waals surface area (Å²) in [6.45, 7) is 8.76. The second kappa shape index (κ2) is 5.90. The first kappa shape index (κ1) is 14.3. The standard InChI is InChI=1S/C14H25N3O2/c1-10(2)7-12-13(18)17(14(19)15-12)9-16-6-4-5-11(3)8-16/h10-12H,4-9H2,1-3H3,(H,15,19)/t11-,12+/m0/s1. The van der Waals surface area contributed by atoms with E-state index in [4.69, 9.17) is 0 Å². The van der Waals surface area contributed by atoms with Crippen LogP contribution in [0.4, 0.5) is 4.79 Å². The van der Waals surface area contributed by atoms with Crippen LogP contribution in [0.15, 0.2) is 0 Å². The van der Waals surface area contributed by atoms with Gasteiger partial charge in [-0.2, -0.15) is 0 Å². The highest BCUT2D eigenvalue weighted by Gasteiger charge is 2.39. The fraction of sp³-hybridized carbons (Fsp3) is 0.857. The summed E-state index contributed by atoms with van der Waals surface area (Å²) in [6, 6.07) is -0.552. The molecule has 0 bridgehead atoms. The minimum absolute atomic E-state index is 0.0584. The minimum Gasteiger partial charge on any atom is -0.326 e. The van der Waals surface area contributed by atoms with Gasteiger partial charge < -0.3 is 5.32 Å². The van der Waals surface area contributed by atoms with E-state index in [0.29, 0.717) is 18.5 Å². The molecule has 0 aromatic rings. The maximum absolute atomic E-state index is 12.2. The fourth-order valence-electron chi connectivity index (χ4n) is 2.96. The quantitative estimate of drug-likeness (QED) is 0.788. The van der Waals surface area contributed by atoms with Crippen LogP contribution in [0, 0.1) is 11.8 Å². The lowest BCUT2D eigenvalue weighted by Gasteiger charge is -2.32. The number of hydrogen-bond acceptors (Lipinski definition) is 3. The number of carbonyl (C=O) groups excluding carboxylic acids is 2. The van der Waals surface area contributed by atoms with Crippen molar-refractivity contribution in [3.8, 4) is 0 Å². The van der Waals surface area contributed by atoms with E-state index in [9.17, 15) is 9.59 Å². The number of carbonyl (C=O) groups is 2. The van der Waals surface area contributed by atoms with Crippen molar-refractivity contribution in [1.29, 1.82) is 0 Å². The van der Waals surface area contributed by atoms with Crippen molar-refractivity contribution in [2.24, 2.45) is 11.8 Å². The lowest BCUT2D eigenvalue weighted by Crippen LogP contribution is -2.45. The Balaban J connectivity index is 1.92. The van der Waals surface area contributed by atoms with Crippen LogP contribution in [0.1, 0.15) is 40.0 Å². The Morgan fingerprint density at radius 1 is 1.37 bits per heavy atom. The molecule has 2 heterocycles. The third kappa shape index (κ3) is 3.47. The van der Waals surface area contributed by atoms with Crippen molar-refractivity contribution >= 4 is 11.9 Å². The normalized spacial score (nSPS) is 29.2. The lowest BCUT2D eigenvalue weighted by molar-refractivity contribution is -0.129. The maximum atomic E-state index is 12.2. The molecule has 0 saturated carbocycles. The summed E-state index contributed by atoms with van der Waals surface area (Å²) in [6.07, 6.45) is 3.12. The Bertz CT molecular complexity index is 357. The molecule has 3 amide bonds. The van der Waals surface area contributed by atoms with Crippen molar-refractivity contribution in [2.45, 2.75) is 46.1 Å². The number of hydrogen-bond donors (Lipinski definition) is 1. The molecule has 0 aromatic heterocycles. The molecule has 0 aliphatic carbocycles. The Kier molecular flexibility index (Phi) is 4.45. The van der Waals surface area contributed by atoms with Gasteiger partial charge in [-0.3, -0.25) is 9.69 Å². The smallest absolute Gasteiger partial charge is 0.325 e. The molecular weight excluding hydrogens is 242 g/mol. The number of piperidine rings is 1. The van der Waals surface area contributed by atoms with Gasteiger partial charge in [-0.15, -0.1) is 0 Å². The molecule has 0 spiro atoms. The number of rotatable bonds is 4. The Labute approximate surface area is 115 Å². The molecule has 2 aliphatic rings. The predicted molar refractivity (Wildman–Crippen MR) is 73.5 cm³/mol. The number of urea groups is 1. The van der Waals surface area contributed by atoms with Crippen LogP contribution in [-0.4, -0.2) is 47.5 Å². The van der Waals surface area contributed by atoms with Crippen LogP contribution in [0.2, 0.25) is 0 Å². The van der Waals surface area contributed by atoms with Gasteiger partial charge in [-0.05, 0) is 37.6 Å². The fourth-order valence-corrected chi connectivity index (χ4v) is 2.96. The highest BCUT2D eigenvalue weighted by molar-refractivity contribution is 6.04. The monoisotopic (exact) mass is 267 g/mol. The van der Waals surface area contributed by atoms with E-state index in [1.165, 1.54) is 11.3 Å². The van der Waals surface area contributed by atoms with E-state index >= 15 is 0 Å². The van der Waals surface area contributed by atoms with Crippen molar-refractivity contribution in [2.75, 3.05) is 19.8 Å². The Morgan fingerprint density at radius 3 is 2.74 bits per heavy atom. The maximum Gasteiger partial charge on any atom is 0.325 e. The van der Waals surface area contributed by atoms with E-state index in [2.05, 4.69) is 31.0 Å². The molecule has 5 heteroatoms. The van der Waals surface area contributed by atoms with E-state index in [1.807, 2.05) is 0 Å². The minimum atomic E-state index is -0.324. The summed E-state index contributed by atoms with van der Waals surface area (Å²) < 4.78 is 0. The topological polar surface area (TPSA) is 52.7 Å². The molecule has 108 valence electrons. The number of nitrogens with zero attached hydrogens (tertiary/aromatic N) is 2. The summed E-state index contributed by atoms with van der Waals surface area (Å²) in [5.74, 6) is 1.00. The van der Waals surface area contributed by atoms with Crippen LogP contribution in [0.3, 0.4) is 0 Å². The first-order chi connectivity index (χ1) is 8.97. The first-order valence-corrected chi connectivity index (χ1v) is 7.31. The summed E-state index contributed by atoms with van der Waals surface area (Å²) >= 11 is 0. The van der Waals surface area contributed by atoms with Gasteiger partial charge in [0, 0.05) is 6.54 Å². The Morgan fingerprint density at radius 2 is 2.11 bits per heavy atom. The van der Waals surface area contributed by atoms with E-state index in [0.717, 1.165) is 25.9 Å². The molecule has 0 aromatic carbocycles. The zero-order valence-electron chi connectivity index (χ0n) is 12.2. The molecule has 2 aliphatic heterocycles. The van der Waals surface area contributed by atoms with Crippen molar-refractivity contribution < 1.29 is 9.59 Å². The SMILES string of the molecule is CC(C)C[C@H]1NC(=O)N(CN2CCC[C@H](C)C2)C1=O. The second-order valence-electron chi connectivity index (χ2n) is 6.36. The second-order valence-corrected chi connectivity index (χ2v) is 6.36. The molecule has 2 rings (SSSR count). The lowest BCUT2D eigenvalue weighted by atomic mass is 10.0. The van der Waals surface area contributed by atoms with Gasteiger partial charge in [0.2, 0.25) is 0 Å². The van der Waals surface area contributed by atoms with Gasteiger partial charge in [0.1, 0.15) is 6.04 Å². The van der Waals surface area contributed by atoms with E-state index < -0.39 is 0 Å². The summed E-state index contributed by atoms with van der Waals surface area (Å²) in [7, 11) is 0. The molecule has 2 fully saturated rings. The van der Waals surface area contributed by atoms with Crippen molar-refractivity contribution in [3.05, 3.63) is 0 Å². The highest BCUT2D eigenvalue weighted by Crippen LogP contribution is 2.18. The molecule has 5 nitrogen and oxygen atoms in total. The van der Waals surface area contributed by atoms with Crippen molar-refractivity contribution in [3.63, 3.8) is 0 Å². The average Bonchev–Trinajstić information content (AvgIpc) is 2.56. The first-order valence-electron chi connectivity index (χ1n) is 7.31. The molecule has 2 saturated heterocycles. The molecule has 1 N–H and O–H groups in total. The highest BCUT2D eigenvalue weighted by atomic mass is 16.2. The van der Waals surface area contributed by atoms with Crippen LogP contribution < -0.4 is 5.32 Å². The van der Waals surface area contributed by atoms with E-state index in [-0.39, 0.29) is 18.0 Å². The van der Waals surface area contributed by atoms with Crippen LogP contribution in [0.25, 0.3) is 0 Å². The third-order valence-corrected chi connectivity index (χ3v) is 3.90. The average molecular weight is 267 g/mol. The van der Waals surface area contributed by atoms with Gasteiger partial charge in [0.25, 0.3) is 5.91 Å². The number of imide groups is 1. The van der Waals surface area contributed by atoms with E-state index in [1.54, 1.807) is 0 Å². The number of nitrogens with one attached hydrogen (secondary N) is 1. The summed E-state index contributed by atoms with van der Waals surface area (Å²) in [5.41, 5.74) is 0. The zero-order chi connectivity index (χ0) is 14.0. The van der Waals surface area contributed by atoms with Crippen molar-refractivity contribution in [1.82, 2.24) is 15.1 Å².